The third-order valence-electron chi connectivity index (χ3n) is 4.71. The number of benzene rings is 1. The summed E-state index contributed by atoms with van der Waals surface area (Å²) in [5.41, 5.74) is 0.00901. The Morgan fingerprint density at radius 3 is 1.94 bits per heavy atom. The molecule has 1 aromatic carbocycles. The fraction of sp³-hybridized carbons (Fsp3) is 0.696. The van der Waals surface area contributed by atoms with Crippen molar-refractivity contribution in [1.82, 2.24) is 0 Å². The van der Waals surface area contributed by atoms with Crippen LogP contribution in [0.25, 0.3) is 0 Å². The summed E-state index contributed by atoms with van der Waals surface area (Å²) in [6, 6.07) is 6.18. The number of hydrogen-bond donors (Lipinski definition) is 5. The van der Waals surface area contributed by atoms with Gasteiger partial charge in [0, 0.05) is 6.61 Å². The molecule has 204 valence electrons. The second-order valence-electron chi connectivity index (χ2n) is 7.40. The largest absolute Gasteiger partial charge is 0.490 e. The van der Waals surface area contributed by atoms with Crippen molar-refractivity contribution in [2.45, 2.75) is 44.2 Å². The molecule has 0 heterocycles. The normalized spacial score (nSPS) is 14.5. The molecular formula is C23H40O12. The number of carbonyl (C=O) groups is 1. The van der Waals surface area contributed by atoms with E-state index in [1.54, 1.807) is 12.1 Å². The summed E-state index contributed by atoms with van der Waals surface area (Å²) < 4.78 is 26.9. The van der Waals surface area contributed by atoms with E-state index in [0.29, 0.717) is 26.4 Å². The van der Waals surface area contributed by atoms with Gasteiger partial charge in [0.15, 0.2) is 6.10 Å². The number of aliphatic hydroxyl groups excluding tert-OH is 5. The van der Waals surface area contributed by atoms with Gasteiger partial charge in [-0.3, -0.25) is 0 Å². The van der Waals surface area contributed by atoms with E-state index in [1.165, 1.54) is 12.1 Å². The van der Waals surface area contributed by atoms with E-state index in [0.717, 1.165) is 19.4 Å². The third-order valence-corrected chi connectivity index (χ3v) is 4.71. The van der Waals surface area contributed by atoms with Crippen LogP contribution in [0.5, 0.6) is 5.75 Å². The molecule has 0 aliphatic heterocycles. The Kier molecular flexibility index (Phi) is 19.2. The van der Waals surface area contributed by atoms with Gasteiger partial charge in [0.05, 0.1) is 46.2 Å². The molecule has 0 saturated heterocycles. The number of ether oxygens (including phenoxy) is 5. The SMILES string of the molecule is CCCCOCCOCCOCCOc1ccccc1C(=O)O[C@@H]([C@H](O)[C@H](O)CO)[C@H](O)CO.O. The lowest BCUT2D eigenvalue weighted by Gasteiger charge is -2.28. The third kappa shape index (κ3) is 13.1. The van der Waals surface area contributed by atoms with Gasteiger partial charge in [-0.25, -0.2) is 4.79 Å². The van der Waals surface area contributed by atoms with E-state index in [1.807, 2.05) is 0 Å². The molecule has 0 aliphatic carbocycles. The lowest BCUT2D eigenvalue weighted by molar-refractivity contribution is -0.128. The topological polar surface area (TPSA) is 196 Å². The van der Waals surface area contributed by atoms with Gasteiger partial charge in [0.1, 0.15) is 36.2 Å². The van der Waals surface area contributed by atoms with E-state index in [2.05, 4.69) is 6.92 Å². The van der Waals surface area contributed by atoms with Gasteiger partial charge in [-0.05, 0) is 18.6 Å². The zero-order chi connectivity index (χ0) is 25.2. The highest BCUT2D eigenvalue weighted by Crippen LogP contribution is 2.21. The molecule has 0 fully saturated rings. The quantitative estimate of drug-likeness (QED) is 0.103. The Bertz CT molecular complexity index is 659. The van der Waals surface area contributed by atoms with Gasteiger partial charge in [-0.2, -0.15) is 0 Å². The molecule has 0 unspecified atom stereocenters. The first-order chi connectivity index (χ1) is 16.5. The highest BCUT2D eigenvalue weighted by Gasteiger charge is 2.35. The van der Waals surface area contributed by atoms with Crippen LogP contribution in [0.1, 0.15) is 30.1 Å². The first kappa shape index (κ1) is 33.1. The maximum Gasteiger partial charge on any atom is 0.342 e. The zero-order valence-corrected chi connectivity index (χ0v) is 20.1. The molecule has 0 bridgehead atoms. The monoisotopic (exact) mass is 508 g/mol. The van der Waals surface area contributed by atoms with E-state index < -0.39 is 43.6 Å². The van der Waals surface area contributed by atoms with Gasteiger partial charge in [0.2, 0.25) is 0 Å². The van der Waals surface area contributed by atoms with Gasteiger partial charge < -0.3 is 54.7 Å². The van der Waals surface area contributed by atoms with Crippen molar-refractivity contribution in [3.63, 3.8) is 0 Å². The van der Waals surface area contributed by atoms with Crippen LogP contribution in [0.2, 0.25) is 0 Å². The summed E-state index contributed by atoms with van der Waals surface area (Å²) in [6.45, 7) is 3.37. The summed E-state index contributed by atoms with van der Waals surface area (Å²) in [5.74, 6) is -0.765. The number of para-hydroxylation sites is 1. The summed E-state index contributed by atoms with van der Waals surface area (Å²) in [7, 11) is 0. The predicted octanol–water partition coefficient (Wildman–Crippen LogP) is -1.32. The Labute approximate surface area is 205 Å². The second kappa shape index (κ2) is 20.3. The lowest BCUT2D eigenvalue weighted by Crippen LogP contribution is -2.49. The summed E-state index contributed by atoms with van der Waals surface area (Å²) in [4.78, 5) is 12.6. The lowest BCUT2D eigenvalue weighted by atomic mass is 10.0. The van der Waals surface area contributed by atoms with Crippen LogP contribution in [-0.4, -0.2) is 121 Å². The molecule has 12 heteroatoms. The Hall–Kier alpha value is -1.87. The van der Waals surface area contributed by atoms with E-state index >= 15 is 0 Å². The first-order valence-corrected chi connectivity index (χ1v) is 11.4. The van der Waals surface area contributed by atoms with Gasteiger partial charge in [-0.15, -0.1) is 0 Å². The second-order valence-corrected chi connectivity index (χ2v) is 7.40. The number of esters is 1. The van der Waals surface area contributed by atoms with E-state index in [-0.39, 0.29) is 30.0 Å². The average molecular weight is 509 g/mol. The number of hydrogen-bond acceptors (Lipinski definition) is 11. The Balaban J connectivity index is 0.0000116. The molecule has 0 aliphatic rings. The fourth-order valence-electron chi connectivity index (χ4n) is 2.75. The highest BCUT2D eigenvalue weighted by atomic mass is 16.6. The average Bonchev–Trinajstić information content (AvgIpc) is 2.86. The van der Waals surface area contributed by atoms with Gasteiger partial charge in [0.25, 0.3) is 0 Å². The zero-order valence-electron chi connectivity index (χ0n) is 20.1. The minimum atomic E-state index is -1.82. The molecule has 0 saturated carbocycles. The Morgan fingerprint density at radius 2 is 1.37 bits per heavy atom. The number of rotatable bonds is 20. The van der Waals surface area contributed by atoms with E-state index in [4.69, 9.17) is 28.8 Å². The molecule has 1 rings (SSSR count). The first-order valence-electron chi connectivity index (χ1n) is 11.4. The van der Waals surface area contributed by atoms with Crippen LogP contribution >= 0.6 is 0 Å². The molecular weight excluding hydrogens is 468 g/mol. The van der Waals surface area contributed by atoms with Crippen molar-refractivity contribution >= 4 is 5.97 Å². The van der Waals surface area contributed by atoms with Crippen LogP contribution < -0.4 is 4.74 Å². The molecule has 12 nitrogen and oxygen atoms in total. The minimum absolute atomic E-state index is 0. The molecule has 0 aromatic heterocycles. The van der Waals surface area contributed by atoms with E-state index in [9.17, 15) is 25.2 Å². The van der Waals surface area contributed by atoms with Crippen molar-refractivity contribution in [3.05, 3.63) is 29.8 Å². The molecule has 1 aromatic rings. The van der Waals surface area contributed by atoms with Crippen LogP contribution in [0.3, 0.4) is 0 Å². The molecule has 7 N–H and O–H groups in total. The molecule has 0 spiro atoms. The van der Waals surface area contributed by atoms with Crippen molar-refractivity contribution < 1.29 is 59.5 Å². The standard InChI is InChI=1S/C23H38O11.H2O/c1-2-3-8-30-9-10-31-11-12-32-13-14-33-20-7-5-4-6-17(20)23(29)34-22(19(27)16-25)21(28)18(26)15-24;/h4-7,18-19,21-22,24-28H,2-3,8-16H2,1H3;1H2/t18-,19-,21-,22-;/m1./s1. The summed E-state index contributed by atoms with van der Waals surface area (Å²) in [5, 5.41) is 47.7. The van der Waals surface area contributed by atoms with Crippen LogP contribution in [0.4, 0.5) is 0 Å². The van der Waals surface area contributed by atoms with Crippen LogP contribution in [-0.2, 0) is 18.9 Å². The maximum atomic E-state index is 12.6. The highest BCUT2D eigenvalue weighted by molar-refractivity contribution is 5.92. The number of aliphatic hydroxyl groups is 5. The van der Waals surface area contributed by atoms with Crippen molar-refractivity contribution in [2.24, 2.45) is 0 Å². The predicted molar refractivity (Wildman–Crippen MR) is 124 cm³/mol. The van der Waals surface area contributed by atoms with Crippen molar-refractivity contribution in [3.8, 4) is 5.75 Å². The molecule has 0 radical (unpaired) electrons. The maximum absolute atomic E-state index is 12.6. The van der Waals surface area contributed by atoms with Gasteiger partial charge in [-0.1, -0.05) is 25.5 Å². The van der Waals surface area contributed by atoms with Crippen LogP contribution in [0, 0.1) is 0 Å². The smallest absolute Gasteiger partial charge is 0.342 e. The Morgan fingerprint density at radius 1 is 0.829 bits per heavy atom. The van der Waals surface area contributed by atoms with Crippen molar-refractivity contribution in [1.29, 1.82) is 0 Å². The summed E-state index contributed by atoms with van der Waals surface area (Å²) in [6.07, 6.45) is -4.72. The molecule has 0 amide bonds. The molecule has 35 heavy (non-hydrogen) atoms. The van der Waals surface area contributed by atoms with Crippen molar-refractivity contribution in [2.75, 3.05) is 59.5 Å². The number of unbranched alkanes of at least 4 members (excludes halogenated alkanes) is 1. The van der Waals surface area contributed by atoms with Gasteiger partial charge >= 0.3 is 5.97 Å². The summed E-state index contributed by atoms with van der Waals surface area (Å²) >= 11 is 0. The minimum Gasteiger partial charge on any atom is -0.490 e. The number of carbonyl (C=O) groups excluding carboxylic acids is 1. The molecule has 4 atom stereocenters. The van der Waals surface area contributed by atoms with Crippen LogP contribution in [0.15, 0.2) is 24.3 Å². The fourth-order valence-corrected chi connectivity index (χ4v) is 2.75.